The molecule has 1 aromatic heterocycles. The van der Waals surface area contributed by atoms with Crippen LogP contribution in [0.2, 0.25) is 0 Å². The molecule has 2 heterocycles. The number of likely N-dealkylation sites (tertiary alicyclic amines) is 1. The van der Waals surface area contributed by atoms with E-state index >= 15 is 0 Å². The van der Waals surface area contributed by atoms with Crippen molar-refractivity contribution in [2.24, 2.45) is 5.73 Å². The molecular formula is C12H17N3O3S. The second-order valence-electron chi connectivity index (χ2n) is 4.38. The highest BCUT2D eigenvalue weighted by Gasteiger charge is 2.34. The van der Waals surface area contributed by atoms with Crippen LogP contribution in [0.25, 0.3) is 0 Å². The second-order valence-corrected chi connectivity index (χ2v) is 5.32. The van der Waals surface area contributed by atoms with Gasteiger partial charge in [0, 0.05) is 18.5 Å². The minimum absolute atomic E-state index is 0.0817. The van der Waals surface area contributed by atoms with Crippen LogP contribution in [0.4, 0.5) is 0 Å². The molecule has 1 saturated heterocycles. The van der Waals surface area contributed by atoms with Gasteiger partial charge in [-0.2, -0.15) is 0 Å². The quantitative estimate of drug-likeness (QED) is 0.804. The number of hydrogen-bond acceptors (Lipinski definition) is 6. The lowest BCUT2D eigenvalue weighted by molar-refractivity contribution is -0.150. The van der Waals surface area contributed by atoms with Crippen molar-refractivity contribution >= 4 is 23.2 Å². The Labute approximate surface area is 115 Å². The summed E-state index contributed by atoms with van der Waals surface area (Å²) in [4.78, 5) is 29.6. The number of rotatable bonds is 4. The van der Waals surface area contributed by atoms with Gasteiger partial charge in [0.05, 0.1) is 19.2 Å². The smallest absolute Gasteiger partial charge is 0.328 e. The maximum atomic E-state index is 12.2. The SMILES string of the molecule is COC(=O)C1CCCN1C(=O)Cc1csc(CN)n1. The number of carbonyl (C=O) groups excluding carboxylic acids is 2. The monoisotopic (exact) mass is 283 g/mol. The van der Waals surface area contributed by atoms with E-state index in [2.05, 4.69) is 4.98 Å². The van der Waals surface area contributed by atoms with Crippen molar-refractivity contribution in [2.75, 3.05) is 13.7 Å². The van der Waals surface area contributed by atoms with E-state index in [9.17, 15) is 9.59 Å². The molecule has 19 heavy (non-hydrogen) atoms. The molecule has 0 bridgehead atoms. The van der Waals surface area contributed by atoms with E-state index in [4.69, 9.17) is 10.5 Å². The lowest BCUT2D eigenvalue weighted by Gasteiger charge is -2.22. The number of carbonyl (C=O) groups is 2. The van der Waals surface area contributed by atoms with E-state index in [-0.39, 0.29) is 18.3 Å². The zero-order valence-corrected chi connectivity index (χ0v) is 11.6. The van der Waals surface area contributed by atoms with Crippen LogP contribution in [-0.4, -0.2) is 41.5 Å². The Balaban J connectivity index is 2.00. The van der Waals surface area contributed by atoms with Crippen LogP contribution in [-0.2, 0) is 27.3 Å². The number of hydrogen-bond donors (Lipinski definition) is 1. The molecular weight excluding hydrogens is 266 g/mol. The lowest BCUT2D eigenvalue weighted by Crippen LogP contribution is -2.41. The maximum absolute atomic E-state index is 12.2. The zero-order chi connectivity index (χ0) is 13.8. The molecule has 2 rings (SSSR count). The summed E-state index contributed by atoms with van der Waals surface area (Å²) in [5.74, 6) is -0.423. The van der Waals surface area contributed by atoms with Crippen LogP contribution in [0, 0.1) is 0 Å². The molecule has 2 N–H and O–H groups in total. The van der Waals surface area contributed by atoms with Crippen LogP contribution in [0.3, 0.4) is 0 Å². The number of nitrogens with zero attached hydrogens (tertiary/aromatic N) is 2. The van der Waals surface area contributed by atoms with E-state index in [0.29, 0.717) is 25.2 Å². The molecule has 1 aliphatic heterocycles. The summed E-state index contributed by atoms with van der Waals surface area (Å²) >= 11 is 1.45. The van der Waals surface area contributed by atoms with Gasteiger partial charge >= 0.3 is 5.97 Å². The summed E-state index contributed by atoms with van der Waals surface area (Å²) in [6.45, 7) is 0.986. The minimum Gasteiger partial charge on any atom is -0.467 e. The molecule has 0 spiro atoms. The van der Waals surface area contributed by atoms with Gasteiger partial charge in [-0.05, 0) is 12.8 Å². The summed E-state index contributed by atoms with van der Waals surface area (Å²) in [7, 11) is 1.34. The van der Waals surface area contributed by atoms with Crippen molar-refractivity contribution in [1.29, 1.82) is 0 Å². The van der Waals surface area contributed by atoms with Gasteiger partial charge in [-0.1, -0.05) is 0 Å². The molecule has 1 fully saturated rings. The van der Waals surface area contributed by atoms with Gasteiger partial charge in [0.1, 0.15) is 11.0 Å². The lowest BCUT2D eigenvalue weighted by atomic mass is 10.2. The van der Waals surface area contributed by atoms with Crippen LogP contribution >= 0.6 is 11.3 Å². The maximum Gasteiger partial charge on any atom is 0.328 e. The molecule has 104 valence electrons. The normalized spacial score (nSPS) is 18.6. The van der Waals surface area contributed by atoms with E-state index in [1.807, 2.05) is 5.38 Å². The first-order valence-electron chi connectivity index (χ1n) is 6.16. The van der Waals surface area contributed by atoms with Gasteiger partial charge in [-0.3, -0.25) is 4.79 Å². The fraction of sp³-hybridized carbons (Fsp3) is 0.583. The van der Waals surface area contributed by atoms with Crippen molar-refractivity contribution in [3.8, 4) is 0 Å². The number of nitrogens with two attached hydrogens (primary N) is 1. The van der Waals surface area contributed by atoms with Gasteiger partial charge in [0.2, 0.25) is 5.91 Å². The largest absolute Gasteiger partial charge is 0.467 e. The van der Waals surface area contributed by atoms with Crippen LogP contribution in [0.15, 0.2) is 5.38 Å². The predicted octanol–water partition coefficient (Wildman–Crippen LogP) is 0.308. The van der Waals surface area contributed by atoms with Crippen molar-refractivity contribution in [3.05, 3.63) is 16.1 Å². The summed E-state index contributed by atoms with van der Waals surface area (Å²) in [5.41, 5.74) is 6.20. The summed E-state index contributed by atoms with van der Waals surface area (Å²) in [6, 6.07) is -0.440. The summed E-state index contributed by atoms with van der Waals surface area (Å²) < 4.78 is 4.72. The molecule has 1 aliphatic rings. The molecule has 1 atom stereocenters. The Kier molecular flexibility index (Phi) is 4.49. The number of esters is 1. The Morgan fingerprint density at radius 3 is 3.05 bits per heavy atom. The van der Waals surface area contributed by atoms with Crippen LogP contribution in [0.5, 0.6) is 0 Å². The number of ether oxygens (including phenoxy) is 1. The first kappa shape index (κ1) is 14.0. The number of aromatic nitrogens is 1. The first-order chi connectivity index (χ1) is 9.15. The highest BCUT2D eigenvalue weighted by Crippen LogP contribution is 2.20. The third kappa shape index (κ3) is 3.10. The van der Waals surface area contributed by atoms with Crippen molar-refractivity contribution in [3.63, 3.8) is 0 Å². The Hall–Kier alpha value is -1.47. The first-order valence-corrected chi connectivity index (χ1v) is 7.04. The third-order valence-corrected chi connectivity index (χ3v) is 4.07. The molecule has 1 aromatic rings. The van der Waals surface area contributed by atoms with E-state index in [0.717, 1.165) is 11.4 Å². The number of methoxy groups -OCH3 is 1. The molecule has 0 radical (unpaired) electrons. The minimum atomic E-state index is -0.440. The van der Waals surface area contributed by atoms with Gasteiger partial charge in [-0.15, -0.1) is 11.3 Å². The Morgan fingerprint density at radius 1 is 1.63 bits per heavy atom. The molecule has 1 unspecified atom stereocenters. The Bertz CT molecular complexity index is 475. The van der Waals surface area contributed by atoms with Crippen molar-refractivity contribution in [1.82, 2.24) is 9.88 Å². The van der Waals surface area contributed by atoms with E-state index < -0.39 is 6.04 Å². The molecule has 6 nitrogen and oxygen atoms in total. The van der Waals surface area contributed by atoms with Crippen LogP contribution in [0.1, 0.15) is 23.5 Å². The fourth-order valence-electron chi connectivity index (χ4n) is 2.23. The highest BCUT2D eigenvalue weighted by molar-refractivity contribution is 7.09. The van der Waals surface area contributed by atoms with Crippen LogP contribution < -0.4 is 5.73 Å². The topological polar surface area (TPSA) is 85.5 Å². The summed E-state index contributed by atoms with van der Waals surface area (Å²) in [6.07, 6.45) is 1.71. The van der Waals surface area contributed by atoms with E-state index in [1.165, 1.54) is 18.4 Å². The fourth-order valence-corrected chi connectivity index (χ4v) is 2.90. The molecule has 1 amide bonds. The highest BCUT2D eigenvalue weighted by atomic mass is 32.1. The average molecular weight is 283 g/mol. The number of thiazole rings is 1. The zero-order valence-electron chi connectivity index (χ0n) is 10.8. The Morgan fingerprint density at radius 2 is 2.42 bits per heavy atom. The van der Waals surface area contributed by atoms with Gasteiger partial charge in [0.15, 0.2) is 0 Å². The van der Waals surface area contributed by atoms with Crippen molar-refractivity contribution in [2.45, 2.75) is 31.8 Å². The molecule has 0 aromatic carbocycles. The average Bonchev–Trinajstić information content (AvgIpc) is 3.06. The standard InChI is InChI=1S/C12H17N3O3S/c1-18-12(17)9-3-2-4-15(9)11(16)5-8-7-19-10(6-13)14-8/h7,9H,2-6,13H2,1H3. The van der Waals surface area contributed by atoms with Gasteiger partial charge < -0.3 is 15.4 Å². The predicted molar refractivity (Wildman–Crippen MR) is 70.5 cm³/mol. The third-order valence-electron chi connectivity index (χ3n) is 3.15. The van der Waals surface area contributed by atoms with E-state index in [1.54, 1.807) is 4.90 Å². The molecule has 0 saturated carbocycles. The van der Waals surface area contributed by atoms with Crippen molar-refractivity contribution < 1.29 is 14.3 Å². The second kappa shape index (κ2) is 6.12. The molecule has 7 heteroatoms. The van der Waals surface area contributed by atoms with Gasteiger partial charge in [0.25, 0.3) is 0 Å². The molecule has 0 aliphatic carbocycles. The summed E-state index contributed by atoms with van der Waals surface area (Å²) in [5, 5.41) is 2.65. The van der Waals surface area contributed by atoms with Gasteiger partial charge in [-0.25, -0.2) is 9.78 Å². The number of amides is 1.